The first kappa shape index (κ1) is 35.7. The van der Waals surface area contributed by atoms with Crippen LogP contribution in [0.2, 0.25) is 0 Å². The Morgan fingerprint density at radius 2 is 1.49 bits per heavy atom. The molecule has 260 valence electrons. The molecule has 4 amide bonds. The van der Waals surface area contributed by atoms with E-state index in [-0.39, 0.29) is 49.4 Å². The van der Waals surface area contributed by atoms with Gasteiger partial charge in [0.1, 0.15) is 12.1 Å². The van der Waals surface area contributed by atoms with Crippen LogP contribution in [0.1, 0.15) is 53.0 Å². The second-order valence-electron chi connectivity index (χ2n) is 13.1. The van der Waals surface area contributed by atoms with Gasteiger partial charge in [-0.1, -0.05) is 68.4 Å². The molecule has 0 aliphatic carbocycles. The number of ether oxygens (including phenoxy) is 1. The SMILES string of the molecule is CC(C)C[C@H](N[C@H](CCN1C(=O)c2cc3ccccc3cc2C1=O)C(=O)O)C(=O)N(CCN1CCOCC1)[C@@H](Cc1ccccc1)C(N)=O. The molecular weight excluding hydrogens is 626 g/mol. The maximum absolute atomic E-state index is 14.5. The van der Waals surface area contributed by atoms with Gasteiger partial charge in [-0.2, -0.15) is 0 Å². The van der Waals surface area contributed by atoms with Crippen molar-refractivity contribution in [2.45, 2.75) is 51.2 Å². The second-order valence-corrected chi connectivity index (χ2v) is 13.1. The number of benzene rings is 3. The number of imide groups is 1. The lowest BCUT2D eigenvalue weighted by Gasteiger charge is -2.36. The third kappa shape index (κ3) is 8.69. The molecule has 49 heavy (non-hydrogen) atoms. The number of carboxylic acid groups (broad SMARTS) is 1. The van der Waals surface area contributed by atoms with Crippen LogP contribution in [0.5, 0.6) is 0 Å². The van der Waals surface area contributed by atoms with Crippen LogP contribution >= 0.6 is 0 Å². The van der Waals surface area contributed by atoms with E-state index in [9.17, 15) is 29.1 Å². The van der Waals surface area contributed by atoms with Crippen molar-refractivity contribution in [3.05, 3.63) is 83.4 Å². The van der Waals surface area contributed by atoms with Gasteiger partial charge in [0, 0.05) is 39.1 Å². The van der Waals surface area contributed by atoms with E-state index in [1.807, 2.05) is 68.4 Å². The van der Waals surface area contributed by atoms with Gasteiger partial charge in [-0.25, -0.2) is 0 Å². The Morgan fingerprint density at radius 1 is 0.898 bits per heavy atom. The predicted molar refractivity (Wildman–Crippen MR) is 184 cm³/mol. The number of rotatable bonds is 16. The molecule has 1 saturated heterocycles. The third-order valence-electron chi connectivity index (χ3n) is 9.20. The molecule has 0 radical (unpaired) electrons. The van der Waals surface area contributed by atoms with E-state index in [1.165, 1.54) is 4.90 Å². The molecule has 3 atom stereocenters. The summed E-state index contributed by atoms with van der Waals surface area (Å²) in [5, 5.41) is 15.0. The summed E-state index contributed by atoms with van der Waals surface area (Å²) < 4.78 is 5.47. The number of nitrogens with zero attached hydrogens (tertiary/aromatic N) is 3. The molecule has 3 aromatic rings. The molecule has 0 saturated carbocycles. The Bertz CT molecular complexity index is 1620. The average molecular weight is 672 g/mol. The Kier molecular flexibility index (Phi) is 11.8. The van der Waals surface area contributed by atoms with Crippen molar-refractivity contribution in [1.29, 1.82) is 0 Å². The van der Waals surface area contributed by atoms with Gasteiger partial charge in [0.2, 0.25) is 11.8 Å². The smallest absolute Gasteiger partial charge is 0.320 e. The van der Waals surface area contributed by atoms with E-state index in [2.05, 4.69) is 10.2 Å². The molecule has 1 fully saturated rings. The first-order valence-corrected chi connectivity index (χ1v) is 16.8. The van der Waals surface area contributed by atoms with Crippen LogP contribution in [0.25, 0.3) is 10.8 Å². The number of nitrogens with two attached hydrogens (primary N) is 1. The predicted octanol–water partition coefficient (Wildman–Crippen LogP) is 2.54. The number of hydrogen-bond donors (Lipinski definition) is 3. The number of aliphatic carboxylic acids is 1. The minimum Gasteiger partial charge on any atom is -0.480 e. The normalized spacial score (nSPS) is 16.8. The Balaban J connectivity index is 1.35. The minimum absolute atomic E-state index is 0.0106. The second kappa shape index (κ2) is 16.2. The molecule has 12 heteroatoms. The fourth-order valence-electron chi connectivity index (χ4n) is 6.57. The summed E-state index contributed by atoms with van der Waals surface area (Å²) in [5.41, 5.74) is 7.34. The molecule has 0 bridgehead atoms. The number of primary amides is 1. The van der Waals surface area contributed by atoms with Crippen LogP contribution in [-0.4, -0.2) is 113 Å². The van der Waals surface area contributed by atoms with Gasteiger partial charge >= 0.3 is 5.97 Å². The molecule has 12 nitrogen and oxygen atoms in total. The molecule has 0 spiro atoms. The Hall–Kier alpha value is -4.65. The van der Waals surface area contributed by atoms with Crippen LogP contribution in [0.3, 0.4) is 0 Å². The van der Waals surface area contributed by atoms with Gasteiger partial charge in [0.05, 0.1) is 30.4 Å². The largest absolute Gasteiger partial charge is 0.480 e. The molecule has 4 N–H and O–H groups in total. The molecular formula is C37H45N5O7. The summed E-state index contributed by atoms with van der Waals surface area (Å²) in [6, 6.07) is 16.9. The number of fused-ring (bicyclic) bond motifs is 2. The number of carbonyl (C=O) groups is 5. The van der Waals surface area contributed by atoms with Crippen molar-refractivity contribution >= 4 is 40.4 Å². The summed E-state index contributed by atoms with van der Waals surface area (Å²) in [6.07, 6.45) is 0.364. The first-order chi connectivity index (χ1) is 23.5. The summed E-state index contributed by atoms with van der Waals surface area (Å²) in [7, 11) is 0. The van der Waals surface area contributed by atoms with Crippen molar-refractivity contribution < 1.29 is 33.8 Å². The van der Waals surface area contributed by atoms with Crippen LogP contribution in [0, 0.1) is 5.92 Å². The monoisotopic (exact) mass is 671 g/mol. The fraction of sp³-hybridized carbons (Fsp3) is 0.432. The van der Waals surface area contributed by atoms with Gasteiger partial charge in [-0.15, -0.1) is 0 Å². The molecule has 2 heterocycles. The van der Waals surface area contributed by atoms with E-state index >= 15 is 0 Å². The highest BCUT2D eigenvalue weighted by atomic mass is 16.5. The number of amides is 4. The number of carbonyl (C=O) groups excluding carboxylic acids is 4. The van der Waals surface area contributed by atoms with Crippen LogP contribution in [-0.2, 0) is 25.5 Å². The van der Waals surface area contributed by atoms with E-state index in [0.29, 0.717) is 32.8 Å². The lowest BCUT2D eigenvalue weighted by Crippen LogP contribution is -2.59. The molecule has 2 aliphatic rings. The van der Waals surface area contributed by atoms with E-state index in [4.69, 9.17) is 10.5 Å². The highest BCUT2D eigenvalue weighted by Gasteiger charge is 2.39. The number of carboxylic acids is 1. The van der Waals surface area contributed by atoms with Crippen LogP contribution in [0.4, 0.5) is 0 Å². The zero-order valence-electron chi connectivity index (χ0n) is 28.0. The minimum atomic E-state index is -1.27. The standard InChI is InChI=1S/C37H45N5O7/c1-24(2)20-31(36(46)41(15-14-40-16-18-49-19-17-40)32(33(38)43)21-25-8-4-3-5-9-25)39-30(37(47)48)12-13-42-34(44)28-22-26-10-6-7-11-27(26)23-29(28)35(42)45/h3-11,22-24,30-32,39H,12-21H2,1-2H3,(H2,38,43)(H,47,48)/t30-,31+,32+/m1/s1. The van der Waals surface area contributed by atoms with E-state index in [0.717, 1.165) is 21.2 Å². The van der Waals surface area contributed by atoms with Gasteiger partial charge in [-0.3, -0.25) is 39.1 Å². The van der Waals surface area contributed by atoms with E-state index < -0.39 is 47.7 Å². The lowest BCUT2D eigenvalue weighted by atomic mass is 9.98. The van der Waals surface area contributed by atoms with Crippen molar-refractivity contribution in [2.75, 3.05) is 45.9 Å². The topological polar surface area (TPSA) is 163 Å². The molecule has 3 aromatic carbocycles. The van der Waals surface area contributed by atoms with Gasteiger partial charge in [0.25, 0.3) is 11.8 Å². The summed E-state index contributed by atoms with van der Waals surface area (Å²) >= 11 is 0. The summed E-state index contributed by atoms with van der Waals surface area (Å²) in [6.45, 7) is 6.89. The third-order valence-corrected chi connectivity index (χ3v) is 9.20. The number of hydrogen-bond acceptors (Lipinski definition) is 8. The molecule has 0 aromatic heterocycles. The van der Waals surface area contributed by atoms with Gasteiger partial charge < -0.3 is 20.5 Å². The summed E-state index contributed by atoms with van der Waals surface area (Å²) in [5.74, 6) is -3.28. The fourth-order valence-corrected chi connectivity index (χ4v) is 6.57. The maximum atomic E-state index is 14.5. The Labute approximate surface area is 286 Å². The maximum Gasteiger partial charge on any atom is 0.320 e. The van der Waals surface area contributed by atoms with Crippen LogP contribution < -0.4 is 11.1 Å². The molecule has 5 rings (SSSR count). The quantitative estimate of drug-likeness (QED) is 0.194. The summed E-state index contributed by atoms with van der Waals surface area (Å²) in [4.78, 5) is 71.4. The van der Waals surface area contributed by atoms with Gasteiger partial charge in [-0.05, 0) is 47.2 Å². The van der Waals surface area contributed by atoms with E-state index in [1.54, 1.807) is 12.1 Å². The lowest BCUT2D eigenvalue weighted by molar-refractivity contribution is -0.144. The molecule has 2 aliphatic heterocycles. The molecule has 0 unspecified atom stereocenters. The average Bonchev–Trinajstić information content (AvgIpc) is 3.32. The van der Waals surface area contributed by atoms with Gasteiger partial charge in [0.15, 0.2) is 0 Å². The van der Waals surface area contributed by atoms with Crippen molar-refractivity contribution in [3.8, 4) is 0 Å². The zero-order valence-corrected chi connectivity index (χ0v) is 28.0. The van der Waals surface area contributed by atoms with Crippen molar-refractivity contribution in [3.63, 3.8) is 0 Å². The highest BCUT2D eigenvalue weighted by molar-refractivity contribution is 6.23. The van der Waals surface area contributed by atoms with Crippen molar-refractivity contribution in [2.24, 2.45) is 11.7 Å². The zero-order chi connectivity index (χ0) is 35.1. The number of morpholine rings is 1. The number of nitrogens with one attached hydrogen (secondary N) is 1. The van der Waals surface area contributed by atoms with Crippen LogP contribution in [0.15, 0.2) is 66.7 Å². The first-order valence-electron chi connectivity index (χ1n) is 16.8. The highest BCUT2D eigenvalue weighted by Crippen LogP contribution is 2.28. The van der Waals surface area contributed by atoms with Crippen molar-refractivity contribution in [1.82, 2.24) is 20.0 Å². The Morgan fingerprint density at radius 3 is 2.04 bits per heavy atom.